The van der Waals surface area contributed by atoms with Gasteiger partial charge in [0, 0.05) is 36.8 Å². The summed E-state index contributed by atoms with van der Waals surface area (Å²) in [6.45, 7) is 0. The van der Waals surface area contributed by atoms with Gasteiger partial charge in [0.2, 0.25) is 0 Å². The normalized spacial score (nSPS) is 31.1. The van der Waals surface area contributed by atoms with Gasteiger partial charge in [-0.15, -0.1) is 0 Å². The van der Waals surface area contributed by atoms with Gasteiger partial charge in [0.15, 0.2) is 0 Å². The largest absolute Gasteiger partial charge is 0.300 e. The molecule has 0 spiro atoms. The summed E-state index contributed by atoms with van der Waals surface area (Å²) in [5.74, 6) is 0.705. The molecule has 2 atom stereocenters. The lowest BCUT2D eigenvalue weighted by Crippen LogP contribution is -2.51. The van der Waals surface area contributed by atoms with Crippen LogP contribution in [0.25, 0.3) is 0 Å². The number of rotatable bonds is 3. The lowest BCUT2D eigenvalue weighted by molar-refractivity contribution is -0.125. The van der Waals surface area contributed by atoms with Crippen LogP contribution in [0.3, 0.4) is 0 Å². The second kappa shape index (κ2) is 5.41. The van der Waals surface area contributed by atoms with Crippen LogP contribution in [0.15, 0.2) is 24.5 Å². The minimum Gasteiger partial charge on any atom is -0.300 e. The molecule has 0 N–H and O–H groups in total. The quantitative estimate of drug-likeness (QED) is 0.835. The number of carbonyl (C=O) groups is 1. The van der Waals surface area contributed by atoms with Crippen molar-refractivity contribution in [1.29, 1.82) is 0 Å². The van der Waals surface area contributed by atoms with Gasteiger partial charge in [0.25, 0.3) is 0 Å². The van der Waals surface area contributed by atoms with Crippen molar-refractivity contribution in [3.8, 4) is 0 Å². The van der Waals surface area contributed by atoms with Gasteiger partial charge in [-0.3, -0.25) is 9.78 Å². The Hall–Kier alpha value is -1.22. The number of hydrogen-bond acceptors (Lipinski definition) is 3. The van der Waals surface area contributed by atoms with Crippen LogP contribution in [0.4, 0.5) is 0 Å². The molecule has 2 bridgehead atoms. The van der Waals surface area contributed by atoms with E-state index < -0.39 is 0 Å². The number of carbonyl (C=O) groups excluding carboxylic acids is 1. The van der Waals surface area contributed by atoms with E-state index in [0.717, 1.165) is 18.4 Å². The van der Waals surface area contributed by atoms with Gasteiger partial charge in [-0.2, -0.15) is 0 Å². The molecule has 102 valence electrons. The Morgan fingerprint density at radius 2 is 1.89 bits per heavy atom. The third kappa shape index (κ3) is 2.71. The topological polar surface area (TPSA) is 33.2 Å². The Morgan fingerprint density at radius 1 is 1.26 bits per heavy atom. The molecule has 2 saturated heterocycles. The summed E-state index contributed by atoms with van der Waals surface area (Å²) in [6.07, 6.45) is 10.1. The molecule has 3 heterocycles. The van der Waals surface area contributed by atoms with Crippen LogP contribution in [0.2, 0.25) is 0 Å². The van der Waals surface area contributed by atoms with E-state index in [1.54, 1.807) is 12.4 Å². The maximum atomic E-state index is 12.5. The summed E-state index contributed by atoms with van der Waals surface area (Å²) in [7, 11) is 2.23. The number of aromatic nitrogens is 1. The Kier molecular flexibility index (Phi) is 3.65. The van der Waals surface area contributed by atoms with Crippen molar-refractivity contribution in [3.63, 3.8) is 0 Å². The zero-order chi connectivity index (χ0) is 13.2. The van der Waals surface area contributed by atoms with Crippen LogP contribution in [0, 0.1) is 5.92 Å². The van der Waals surface area contributed by atoms with Crippen molar-refractivity contribution in [1.82, 2.24) is 9.88 Å². The summed E-state index contributed by atoms with van der Waals surface area (Å²) >= 11 is 0. The second-order valence-electron chi connectivity index (χ2n) is 6.07. The third-order valence-corrected chi connectivity index (χ3v) is 4.92. The molecule has 0 amide bonds. The third-order valence-electron chi connectivity index (χ3n) is 4.92. The minimum absolute atomic E-state index is 0.277. The lowest BCUT2D eigenvalue weighted by atomic mass is 9.76. The van der Waals surface area contributed by atoms with Gasteiger partial charge in [-0.25, -0.2) is 0 Å². The number of Topliss-reactive ketones (excluding diaryl/α,β-unsaturated/α-hetero) is 1. The van der Waals surface area contributed by atoms with Gasteiger partial charge in [-0.1, -0.05) is 6.42 Å². The molecule has 3 heteroatoms. The van der Waals surface area contributed by atoms with Crippen molar-refractivity contribution in [2.24, 2.45) is 5.92 Å². The van der Waals surface area contributed by atoms with Gasteiger partial charge >= 0.3 is 0 Å². The molecular weight excluding hydrogens is 236 g/mol. The highest BCUT2D eigenvalue weighted by atomic mass is 16.1. The SMILES string of the molecule is CN1C2CCCC1CC(C(=O)Cc1ccncc1)C2. The monoisotopic (exact) mass is 258 g/mol. The Bertz CT molecular complexity index is 431. The van der Waals surface area contributed by atoms with E-state index in [4.69, 9.17) is 0 Å². The van der Waals surface area contributed by atoms with Crippen LogP contribution >= 0.6 is 0 Å². The number of ketones is 1. The predicted octanol–water partition coefficient (Wildman–Crippen LogP) is 2.46. The fourth-order valence-electron chi connectivity index (χ4n) is 3.72. The number of fused-ring (bicyclic) bond motifs is 2. The number of piperidine rings is 2. The molecule has 1 aromatic rings. The molecule has 0 saturated carbocycles. The standard InChI is InChI=1S/C16H22N2O/c1-18-14-3-2-4-15(18)11-13(10-14)16(19)9-12-5-7-17-8-6-12/h5-8,13-15H,2-4,9-11H2,1H3. The Labute approximate surface area is 115 Å². The fourth-order valence-corrected chi connectivity index (χ4v) is 3.72. The smallest absolute Gasteiger partial charge is 0.140 e. The van der Waals surface area contributed by atoms with Crippen LogP contribution in [-0.2, 0) is 11.2 Å². The van der Waals surface area contributed by atoms with E-state index >= 15 is 0 Å². The van der Waals surface area contributed by atoms with Gasteiger partial charge in [-0.05, 0) is 50.4 Å². The van der Waals surface area contributed by atoms with Crippen LogP contribution in [-0.4, -0.2) is 34.8 Å². The molecule has 1 aromatic heterocycles. The highest BCUT2D eigenvalue weighted by Gasteiger charge is 2.38. The second-order valence-corrected chi connectivity index (χ2v) is 6.07. The Morgan fingerprint density at radius 3 is 2.53 bits per heavy atom. The first kappa shape index (κ1) is 12.8. The van der Waals surface area contributed by atoms with E-state index in [1.807, 2.05) is 12.1 Å². The molecule has 19 heavy (non-hydrogen) atoms. The number of nitrogens with zero attached hydrogens (tertiary/aromatic N) is 2. The predicted molar refractivity (Wildman–Crippen MR) is 74.9 cm³/mol. The first-order chi connectivity index (χ1) is 9.24. The van der Waals surface area contributed by atoms with Crippen molar-refractivity contribution in [2.75, 3.05) is 7.05 Å². The highest BCUT2D eigenvalue weighted by molar-refractivity contribution is 5.83. The summed E-state index contributed by atoms with van der Waals surface area (Å²) < 4.78 is 0. The summed E-state index contributed by atoms with van der Waals surface area (Å²) in [4.78, 5) is 19.0. The molecule has 0 radical (unpaired) electrons. The van der Waals surface area contributed by atoms with E-state index in [9.17, 15) is 4.79 Å². The maximum absolute atomic E-state index is 12.5. The first-order valence-electron chi connectivity index (χ1n) is 7.37. The van der Waals surface area contributed by atoms with Crippen LogP contribution in [0.5, 0.6) is 0 Å². The van der Waals surface area contributed by atoms with Gasteiger partial charge in [0.05, 0.1) is 0 Å². The zero-order valence-corrected chi connectivity index (χ0v) is 11.6. The first-order valence-corrected chi connectivity index (χ1v) is 7.37. The highest BCUT2D eigenvalue weighted by Crippen LogP contribution is 2.36. The molecule has 2 aliphatic rings. The fraction of sp³-hybridized carbons (Fsp3) is 0.625. The van der Waals surface area contributed by atoms with Crippen LogP contribution in [0.1, 0.15) is 37.7 Å². The maximum Gasteiger partial charge on any atom is 0.140 e. The lowest BCUT2D eigenvalue weighted by Gasteiger charge is -2.46. The summed E-state index contributed by atoms with van der Waals surface area (Å²) in [5, 5.41) is 0. The average molecular weight is 258 g/mol. The van der Waals surface area contributed by atoms with E-state index in [2.05, 4.69) is 16.9 Å². The van der Waals surface area contributed by atoms with Gasteiger partial charge < -0.3 is 4.90 Å². The molecule has 2 unspecified atom stereocenters. The number of hydrogen-bond donors (Lipinski definition) is 0. The summed E-state index contributed by atoms with van der Waals surface area (Å²) in [6, 6.07) is 5.18. The van der Waals surface area contributed by atoms with E-state index in [-0.39, 0.29) is 5.92 Å². The molecular formula is C16H22N2O. The van der Waals surface area contributed by atoms with E-state index in [0.29, 0.717) is 24.3 Å². The van der Waals surface area contributed by atoms with Crippen molar-refractivity contribution >= 4 is 5.78 Å². The number of pyridine rings is 1. The molecule has 0 aliphatic carbocycles. The average Bonchev–Trinajstić information content (AvgIpc) is 2.39. The van der Waals surface area contributed by atoms with Crippen molar-refractivity contribution in [3.05, 3.63) is 30.1 Å². The minimum atomic E-state index is 0.277. The molecule has 3 nitrogen and oxygen atoms in total. The Balaban J connectivity index is 1.65. The molecule has 3 rings (SSSR count). The van der Waals surface area contributed by atoms with Crippen molar-refractivity contribution in [2.45, 2.75) is 50.6 Å². The molecule has 0 aromatic carbocycles. The summed E-state index contributed by atoms with van der Waals surface area (Å²) in [5.41, 5.74) is 1.10. The molecule has 2 aliphatic heterocycles. The molecule has 2 fully saturated rings. The zero-order valence-electron chi connectivity index (χ0n) is 11.6. The van der Waals surface area contributed by atoms with Gasteiger partial charge in [0.1, 0.15) is 5.78 Å². The van der Waals surface area contributed by atoms with Crippen LogP contribution < -0.4 is 0 Å². The van der Waals surface area contributed by atoms with E-state index in [1.165, 1.54) is 19.3 Å². The van der Waals surface area contributed by atoms with Crippen molar-refractivity contribution < 1.29 is 4.79 Å².